The van der Waals surface area contributed by atoms with Crippen LogP contribution < -0.4 is 14.2 Å². The van der Waals surface area contributed by atoms with Crippen molar-refractivity contribution in [3.05, 3.63) is 35.3 Å². The molecule has 9 heteroatoms. The summed E-state index contributed by atoms with van der Waals surface area (Å²) in [7, 11) is 4.47. The molecule has 2 rings (SSSR count). The molecule has 0 aromatic heterocycles. The lowest BCUT2D eigenvalue weighted by Gasteiger charge is -2.12. The van der Waals surface area contributed by atoms with Crippen LogP contribution in [0.4, 0.5) is 0 Å². The lowest BCUT2D eigenvalue weighted by Crippen LogP contribution is -2.16. The van der Waals surface area contributed by atoms with Crippen molar-refractivity contribution in [3.63, 3.8) is 0 Å². The summed E-state index contributed by atoms with van der Waals surface area (Å²) >= 11 is 0. The Bertz CT molecular complexity index is 779. The summed E-state index contributed by atoms with van der Waals surface area (Å²) in [4.78, 5) is 22.9. The first-order chi connectivity index (χ1) is 12.9. The van der Waals surface area contributed by atoms with Crippen LogP contribution in [-0.4, -0.2) is 56.2 Å². The van der Waals surface area contributed by atoms with Gasteiger partial charge in [0.1, 0.15) is 5.75 Å². The molecule has 0 saturated heterocycles. The van der Waals surface area contributed by atoms with Gasteiger partial charge in [0.2, 0.25) is 5.76 Å². The third kappa shape index (κ3) is 4.63. The Kier molecular flexibility index (Phi) is 6.53. The minimum absolute atomic E-state index is 0.0148. The number of hydrogen-bond acceptors (Lipinski definition) is 9. The predicted octanol–water partition coefficient (Wildman–Crippen LogP) is 1.91. The fraction of sp³-hybridized carbons (Fsp3) is 0.333. The van der Waals surface area contributed by atoms with Gasteiger partial charge in [0.25, 0.3) is 0 Å². The van der Waals surface area contributed by atoms with Crippen molar-refractivity contribution in [1.29, 1.82) is 0 Å². The number of benzene rings is 1. The maximum Gasteiger partial charge on any atom is 0.377 e. The van der Waals surface area contributed by atoms with Crippen LogP contribution in [0.1, 0.15) is 12.0 Å². The van der Waals surface area contributed by atoms with Gasteiger partial charge in [-0.15, -0.1) is 0 Å². The van der Waals surface area contributed by atoms with E-state index in [2.05, 4.69) is 0 Å². The van der Waals surface area contributed by atoms with Crippen LogP contribution in [0.15, 0.2) is 29.7 Å². The van der Waals surface area contributed by atoms with Crippen LogP contribution in [0.25, 0.3) is 6.08 Å². The summed E-state index contributed by atoms with van der Waals surface area (Å²) < 4.78 is 25.4. The van der Waals surface area contributed by atoms with Gasteiger partial charge < -0.3 is 33.9 Å². The molecule has 1 atom stereocenters. The monoisotopic (exact) mass is 380 g/mol. The van der Waals surface area contributed by atoms with Crippen molar-refractivity contribution in [2.75, 3.05) is 27.9 Å². The Labute approximate surface area is 155 Å². The first-order valence-corrected chi connectivity index (χ1v) is 7.89. The van der Waals surface area contributed by atoms with E-state index in [9.17, 15) is 19.8 Å². The Hall–Kier alpha value is -3.36. The molecule has 0 saturated carbocycles. The summed E-state index contributed by atoms with van der Waals surface area (Å²) in [5.74, 6) is -1.63. The number of cyclic esters (lactones) is 1. The molecule has 27 heavy (non-hydrogen) atoms. The number of aliphatic hydroxyl groups excluding tert-OH is 2. The lowest BCUT2D eigenvalue weighted by molar-refractivity contribution is -0.144. The van der Waals surface area contributed by atoms with Crippen molar-refractivity contribution in [2.24, 2.45) is 0 Å². The highest BCUT2D eigenvalue weighted by atomic mass is 16.6. The topological polar surface area (TPSA) is 121 Å². The number of hydrogen-bond donors (Lipinski definition) is 2. The molecule has 0 amide bonds. The van der Waals surface area contributed by atoms with E-state index in [1.165, 1.54) is 33.5 Å². The van der Waals surface area contributed by atoms with E-state index in [0.29, 0.717) is 22.8 Å². The summed E-state index contributed by atoms with van der Waals surface area (Å²) in [6, 6.07) is 3.27. The second-order valence-corrected chi connectivity index (χ2v) is 5.37. The number of methoxy groups -OCH3 is 3. The molecule has 0 radical (unpaired) electrons. The Morgan fingerprint density at radius 3 is 2.30 bits per heavy atom. The summed E-state index contributed by atoms with van der Waals surface area (Å²) in [5, 5.41) is 18.7. The number of carbonyl (C=O) groups excluding carboxylic acids is 2. The van der Waals surface area contributed by atoms with Crippen LogP contribution in [0.3, 0.4) is 0 Å². The van der Waals surface area contributed by atoms with Gasteiger partial charge in [0.15, 0.2) is 23.4 Å². The molecule has 9 nitrogen and oxygen atoms in total. The molecule has 0 aliphatic carbocycles. The second kappa shape index (κ2) is 8.84. The third-order valence-corrected chi connectivity index (χ3v) is 3.75. The molecule has 1 aromatic rings. The van der Waals surface area contributed by atoms with Gasteiger partial charge in [-0.3, -0.25) is 0 Å². The fourth-order valence-electron chi connectivity index (χ4n) is 2.35. The third-order valence-electron chi connectivity index (χ3n) is 3.75. The molecule has 0 fully saturated rings. The van der Waals surface area contributed by atoms with Crippen molar-refractivity contribution < 1.29 is 43.5 Å². The van der Waals surface area contributed by atoms with Gasteiger partial charge in [-0.25, -0.2) is 9.59 Å². The Balaban J connectivity index is 1.96. The highest BCUT2D eigenvalue weighted by Crippen LogP contribution is 2.35. The number of aliphatic hydroxyl groups is 2. The van der Waals surface area contributed by atoms with Gasteiger partial charge >= 0.3 is 11.9 Å². The summed E-state index contributed by atoms with van der Waals surface area (Å²) in [5.41, 5.74) is 0.572. The number of esters is 2. The van der Waals surface area contributed by atoms with Gasteiger partial charge in [-0.1, -0.05) is 0 Å². The second-order valence-electron chi connectivity index (χ2n) is 5.37. The molecule has 0 bridgehead atoms. The van der Waals surface area contributed by atoms with E-state index in [1.807, 2.05) is 0 Å². The highest BCUT2D eigenvalue weighted by molar-refractivity contribution is 5.89. The van der Waals surface area contributed by atoms with E-state index in [0.717, 1.165) is 0 Å². The molecule has 0 spiro atoms. The molecule has 0 unspecified atom stereocenters. The molecular formula is C18H20O9. The first-order valence-electron chi connectivity index (χ1n) is 7.89. The molecule has 1 aromatic carbocycles. The zero-order chi connectivity index (χ0) is 20.0. The van der Waals surface area contributed by atoms with E-state index < -0.39 is 29.6 Å². The van der Waals surface area contributed by atoms with Gasteiger partial charge in [0, 0.05) is 24.1 Å². The molecule has 2 N–H and O–H groups in total. The van der Waals surface area contributed by atoms with Gasteiger partial charge in [0.05, 0.1) is 27.9 Å². The number of carbonyl (C=O) groups is 2. The molecule has 1 aliphatic rings. The maximum atomic E-state index is 11.8. The number of rotatable bonds is 8. The quantitative estimate of drug-likeness (QED) is 0.514. The van der Waals surface area contributed by atoms with Crippen LogP contribution in [0.5, 0.6) is 17.2 Å². The van der Waals surface area contributed by atoms with Crippen LogP contribution in [-0.2, 0) is 19.1 Å². The van der Waals surface area contributed by atoms with Crippen molar-refractivity contribution in [1.82, 2.24) is 0 Å². The maximum absolute atomic E-state index is 11.8. The molecule has 1 aliphatic heterocycles. The van der Waals surface area contributed by atoms with Gasteiger partial charge in [-0.05, 0) is 12.1 Å². The van der Waals surface area contributed by atoms with Crippen LogP contribution in [0.2, 0.25) is 0 Å². The largest absolute Gasteiger partial charge is 0.505 e. The van der Waals surface area contributed by atoms with E-state index >= 15 is 0 Å². The van der Waals surface area contributed by atoms with Crippen molar-refractivity contribution in [2.45, 2.75) is 12.5 Å². The molecule has 1 heterocycles. The van der Waals surface area contributed by atoms with Crippen molar-refractivity contribution >= 4 is 18.0 Å². The SMILES string of the molecule is COc1cc(OC)c(OC)cc1/C=C/C(=O)OCC[C@H]1OC(=O)C(O)=C1O. The number of ether oxygens (including phenoxy) is 5. The lowest BCUT2D eigenvalue weighted by atomic mass is 10.1. The van der Waals surface area contributed by atoms with Crippen LogP contribution >= 0.6 is 0 Å². The average Bonchev–Trinajstić information content (AvgIpc) is 2.92. The van der Waals surface area contributed by atoms with E-state index in [-0.39, 0.29) is 13.0 Å². The average molecular weight is 380 g/mol. The van der Waals surface area contributed by atoms with E-state index in [4.69, 9.17) is 23.7 Å². The summed E-state index contributed by atoms with van der Waals surface area (Å²) in [6.07, 6.45) is 1.67. The normalized spacial score (nSPS) is 16.4. The van der Waals surface area contributed by atoms with Crippen LogP contribution in [0, 0.1) is 0 Å². The Morgan fingerprint density at radius 2 is 1.74 bits per heavy atom. The molecular weight excluding hydrogens is 360 g/mol. The standard InChI is InChI=1S/C18H20O9/c1-23-12-9-14(25-3)13(24-2)8-10(12)4-5-15(19)26-7-6-11-16(20)17(21)18(22)27-11/h4-5,8-9,11,20-21H,6-7H2,1-3H3/b5-4+/t11-/m1/s1. The van der Waals surface area contributed by atoms with Gasteiger partial charge in [-0.2, -0.15) is 0 Å². The van der Waals surface area contributed by atoms with E-state index in [1.54, 1.807) is 12.1 Å². The highest BCUT2D eigenvalue weighted by Gasteiger charge is 2.34. The fourth-order valence-corrected chi connectivity index (χ4v) is 2.35. The minimum atomic E-state index is -1.03. The Morgan fingerprint density at radius 1 is 1.11 bits per heavy atom. The first kappa shape index (κ1) is 20.0. The molecule has 146 valence electrons. The minimum Gasteiger partial charge on any atom is -0.505 e. The summed E-state index contributed by atoms with van der Waals surface area (Å²) in [6.45, 7) is -0.123. The predicted molar refractivity (Wildman–Crippen MR) is 92.9 cm³/mol. The zero-order valence-electron chi connectivity index (χ0n) is 15.1. The zero-order valence-corrected chi connectivity index (χ0v) is 15.1. The smallest absolute Gasteiger partial charge is 0.377 e. The van der Waals surface area contributed by atoms with Crippen molar-refractivity contribution in [3.8, 4) is 17.2 Å².